The number of hydrogen-bond acceptors (Lipinski definition) is 2. The van der Waals surface area contributed by atoms with Crippen LogP contribution >= 0.6 is 0 Å². The molecule has 18 heavy (non-hydrogen) atoms. The van der Waals surface area contributed by atoms with Gasteiger partial charge in [-0.3, -0.25) is 0 Å². The third-order valence-electron chi connectivity index (χ3n) is 3.93. The minimum atomic E-state index is 0.609. The highest BCUT2D eigenvalue weighted by atomic mass is 16.5. The first-order valence-electron chi connectivity index (χ1n) is 7.18. The molecule has 0 aromatic heterocycles. The Morgan fingerprint density at radius 3 is 2.83 bits per heavy atom. The Morgan fingerprint density at radius 2 is 2.11 bits per heavy atom. The summed E-state index contributed by atoms with van der Waals surface area (Å²) >= 11 is 0. The second-order valence-corrected chi connectivity index (χ2v) is 5.61. The summed E-state index contributed by atoms with van der Waals surface area (Å²) in [7, 11) is 0. The highest BCUT2D eigenvalue weighted by Crippen LogP contribution is 2.31. The molecule has 1 saturated carbocycles. The van der Waals surface area contributed by atoms with Crippen molar-refractivity contribution in [2.24, 2.45) is 11.8 Å². The number of anilines is 1. The van der Waals surface area contributed by atoms with E-state index in [2.05, 4.69) is 37.4 Å². The summed E-state index contributed by atoms with van der Waals surface area (Å²) in [5.74, 6) is 2.59. The van der Waals surface area contributed by atoms with Gasteiger partial charge < -0.3 is 10.1 Å². The van der Waals surface area contributed by atoms with E-state index in [1.807, 2.05) is 13.0 Å². The smallest absolute Gasteiger partial charge is 0.121 e. The van der Waals surface area contributed by atoms with Crippen molar-refractivity contribution in [2.45, 2.75) is 46.1 Å². The lowest BCUT2D eigenvalue weighted by atomic mass is 9.80. The summed E-state index contributed by atoms with van der Waals surface area (Å²) in [4.78, 5) is 0. The van der Waals surface area contributed by atoms with E-state index in [-0.39, 0.29) is 0 Å². The van der Waals surface area contributed by atoms with Crippen LogP contribution in [0.1, 0.15) is 40.0 Å². The topological polar surface area (TPSA) is 21.3 Å². The molecule has 1 N–H and O–H groups in total. The predicted molar refractivity (Wildman–Crippen MR) is 77.2 cm³/mol. The summed E-state index contributed by atoms with van der Waals surface area (Å²) in [6.45, 7) is 7.47. The van der Waals surface area contributed by atoms with Crippen molar-refractivity contribution in [1.29, 1.82) is 0 Å². The molecule has 1 aliphatic rings. The summed E-state index contributed by atoms with van der Waals surface area (Å²) in [5, 5.41) is 3.67. The molecule has 0 spiro atoms. The summed E-state index contributed by atoms with van der Waals surface area (Å²) in [6, 6.07) is 8.92. The molecule has 2 heteroatoms. The average Bonchev–Trinajstić information content (AvgIpc) is 2.34. The summed E-state index contributed by atoms with van der Waals surface area (Å²) in [6.07, 6.45) is 3.96. The maximum Gasteiger partial charge on any atom is 0.121 e. The molecule has 3 unspecified atom stereocenters. The zero-order valence-electron chi connectivity index (χ0n) is 11.8. The van der Waals surface area contributed by atoms with Gasteiger partial charge in [-0.2, -0.15) is 0 Å². The van der Waals surface area contributed by atoms with Crippen molar-refractivity contribution >= 4 is 5.69 Å². The fourth-order valence-corrected chi connectivity index (χ4v) is 2.94. The zero-order valence-corrected chi connectivity index (χ0v) is 11.8. The fraction of sp³-hybridized carbons (Fsp3) is 0.625. The number of ether oxygens (including phenoxy) is 1. The second kappa shape index (κ2) is 6.12. The van der Waals surface area contributed by atoms with Gasteiger partial charge in [0.1, 0.15) is 5.75 Å². The van der Waals surface area contributed by atoms with E-state index in [9.17, 15) is 0 Å². The minimum absolute atomic E-state index is 0.609. The van der Waals surface area contributed by atoms with Gasteiger partial charge in [-0.1, -0.05) is 19.9 Å². The zero-order chi connectivity index (χ0) is 13.0. The van der Waals surface area contributed by atoms with E-state index in [0.717, 1.165) is 24.2 Å². The Labute approximate surface area is 111 Å². The Balaban J connectivity index is 1.98. The molecule has 0 heterocycles. The molecule has 0 bridgehead atoms. The van der Waals surface area contributed by atoms with Crippen LogP contribution in [0.5, 0.6) is 5.75 Å². The van der Waals surface area contributed by atoms with Crippen molar-refractivity contribution in [3.05, 3.63) is 24.3 Å². The molecule has 0 aliphatic heterocycles. The first kappa shape index (κ1) is 13.3. The number of benzene rings is 1. The fourth-order valence-electron chi connectivity index (χ4n) is 2.94. The van der Waals surface area contributed by atoms with Crippen LogP contribution in [-0.2, 0) is 0 Å². The highest BCUT2D eigenvalue weighted by Gasteiger charge is 2.24. The lowest BCUT2D eigenvalue weighted by Crippen LogP contribution is -2.32. The van der Waals surface area contributed by atoms with Gasteiger partial charge in [0.25, 0.3) is 0 Å². The van der Waals surface area contributed by atoms with E-state index in [1.54, 1.807) is 0 Å². The quantitative estimate of drug-likeness (QED) is 0.855. The minimum Gasteiger partial charge on any atom is -0.494 e. The molecule has 1 aliphatic carbocycles. The highest BCUT2D eigenvalue weighted by molar-refractivity contribution is 5.49. The van der Waals surface area contributed by atoms with Gasteiger partial charge in [-0.05, 0) is 50.2 Å². The van der Waals surface area contributed by atoms with Crippen LogP contribution in [0.2, 0.25) is 0 Å². The Kier molecular flexibility index (Phi) is 4.51. The van der Waals surface area contributed by atoms with E-state index >= 15 is 0 Å². The van der Waals surface area contributed by atoms with Crippen LogP contribution in [0.25, 0.3) is 0 Å². The maximum atomic E-state index is 5.54. The largest absolute Gasteiger partial charge is 0.494 e. The Bertz CT molecular complexity index is 377. The second-order valence-electron chi connectivity index (χ2n) is 5.61. The van der Waals surface area contributed by atoms with Crippen LogP contribution in [0.15, 0.2) is 24.3 Å². The lowest BCUT2D eigenvalue weighted by Gasteiger charge is -2.33. The number of nitrogens with one attached hydrogen (secondary N) is 1. The van der Waals surface area contributed by atoms with E-state index in [0.29, 0.717) is 6.04 Å². The molecule has 1 aromatic rings. The van der Waals surface area contributed by atoms with E-state index in [4.69, 9.17) is 4.74 Å². The van der Waals surface area contributed by atoms with Crippen LogP contribution in [-0.4, -0.2) is 12.6 Å². The molecule has 1 fully saturated rings. The first-order valence-corrected chi connectivity index (χ1v) is 7.18. The summed E-state index contributed by atoms with van der Waals surface area (Å²) in [5.41, 5.74) is 1.19. The van der Waals surface area contributed by atoms with Crippen LogP contribution < -0.4 is 10.1 Å². The molecular formula is C16H25NO. The third kappa shape index (κ3) is 3.41. The van der Waals surface area contributed by atoms with Gasteiger partial charge in [-0.25, -0.2) is 0 Å². The lowest BCUT2D eigenvalue weighted by molar-refractivity contribution is 0.276. The van der Waals surface area contributed by atoms with Gasteiger partial charge in [0.05, 0.1) is 6.61 Å². The van der Waals surface area contributed by atoms with Crippen molar-refractivity contribution < 1.29 is 4.74 Å². The van der Waals surface area contributed by atoms with Gasteiger partial charge in [-0.15, -0.1) is 0 Å². The number of rotatable bonds is 4. The molecule has 100 valence electrons. The molecule has 0 radical (unpaired) electrons. The Morgan fingerprint density at radius 1 is 1.28 bits per heavy atom. The monoisotopic (exact) mass is 247 g/mol. The van der Waals surface area contributed by atoms with Crippen molar-refractivity contribution in [1.82, 2.24) is 0 Å². The normalized spacial score (nSPS) is 27.8. The predicted octanol–water partition coefficient (Wildman–Crippen LogP) is 4.32. The first-order chi connectivity index (χ1) is 8.69. The van der Waals surface area contributed by atoms with Gasteiger partial charge in [0, 0.05) is 17.8 Å². The number of hydrogen-bond donors (Lipinski definition) is 1. The van der Waals surface area contributed by atoms with Gasteiger partial charge in [0.15, 0.2) is 0 Å². The van der Waals surface area contributed by atoms with Crippen LogP contribution in [0.4, 0.5) is 5.69 Å². The third-order valence-corrected chi connectivity index (χ3v) is 3.93. The van der Waals surface area contributed by atoms with Crippen LogP contribution in [0, 0.1) is 11.8 Å². The molecular weight excluding hydrogens is 222 g/mol. The van der Waals surface area contributed by atoms with Crippen LogP contribution in [0.3, 0.4) is 0 Å². The molecule has 3 atom stereocenters. The van der Waals surface area contributed by atoms with Crippen molar-refractivity contribution in [3.63, 3.8) is 0 Å². The van der Waals surface area contributed by atoms with Gasteiger partial charge >= 0.3 is 0 Å². The molecule has 0 saturated heterocycles. The molecule has 0 amide bonds. The maximum absolute atomic E-state index is 5.54. The summed E-state index contributed by atoms with van der Waals surface area (Å²) < 4.78 is 5.54. The van der Waals surface area contributed by atoms with E-state index in [1.165, 1.54) is 24.9 Å². The standard InChI is InChI=1S/C16H25NO/c1-4-18-15-7-5-6-14(11-15)17-16-9-8-12(2)10-13(16)3/h5-7,11-13,16-17H,4,8-10H2,1-3H3. The molecule has 2 nitrogen and oxygen atoms in total. The van der Waals surface area contributed by atoms with Gasteiger partial charge in [0.2, 0.25) is 0 Å². The van der Waals surface area contributed by atoms with E-state index < -0.39 is 0 Å². The van der Waals surface area contributed by atoms with Crippen molar-refractivity contribution in [3.8, 4) is 5.75 Å². The average molecular weight is 247 g/mol. The Hall–Kier alpha value is -1.18. The molecule has 1 aromatic carbocycles. The molecule has 2 rings (SSSR count). The SMILES string of the molecule is CCOc1cccc(NC2CCC(C)CC2C)c1. The van der Waals surface area contributed by atoms with Crippen molar-refractivity contribution in [2.75, 3.05) is 11.9 Å².